The van der Waals surface area contributed by atoms with Gasteiger partial charge >= 0.3 is 0 Å². The molecule has 1 fully saturated rings. The summed E-state index contributed by atoms with van der Waals surface area (Å²) in [7, 11) is 0. The summed E-state index contributed by atoms with van der Waals surface area (Å²) >= 11 is 3.47. The molecule has 0 N–H and O–H groups in total. The van der Waals surface area contributed by atoms with Crippen LogP contribution in [0.3, 0.4) is 0 Å². The summed E-state index contributed by atoms with van der Waals surface area (Å²) in [5, 5.41) is 0.691. The standard InChI is InChI=1S/C15H14BrF2NO2/c16-7-15(3-1-2-4-15)8-19-12-10(13(20)14(19)21)5-9(17)6-11(12)18/h5-6H,1-4,7-8H2. The van der Waals surface area contributed by atoms with Crippen molar-refractivity contribution >= 4 is 33.3 Å². The van der Waals surface area contributed by atoms with Crippen molar-refractivity contribution in [2.24, 2.45) is 5.41 Å². The zero-order valence-electron chi connectivity index (χ0n) is 11.3. The average Bonchev–Trinajstić information content (AvgIpc) is 3.00. The smallest absolute Gasteiger partial charge is 0.299 e. The molecule has 0 radical (unpaired) electrons. The second kappa shape index (κ2) is 5.16. The Morgan fingerprint density at radius 2 is 1.86 bits per heavy atom. The number of benzene rings is 1. The van der Waals surface area contributed by atoms with Crippen molar-refractivity contribution in [3.63, 3.8) is 0 Å². The van der Waals surface area contributed by atoms with Crippen LogP contribution >= 0.6 is 15.9 Å². The molecule has 0 saturated heterocycles. The monoisotopic (exact) mass is 357 g/mol. The molecule has 3 rings (SSSR count). The number of carbonyl (C=O) groups excluding carboxylic acids is 2. The number of ketones is 1. The number of nitrogens with zero attached hydrogens (tertiary/aromatic N) is 1. The Bertz CT molecular complexity index is 626. The van der Waals surface area contributed by atoms with Gasteiger partial charge in [-0.2, -0.15) is 0 Å². The fraction of sp³-hybridized carbons (Fsp3) is 0.467. The van der Waals surface area contributed by atoms with Gasteiger partial charge in [-0.25, -0.2) is 8.78 Å². The summed E-state index contributed by atoms with van der Waals surface area (Å²) in [6, 6.07) is 1.65. The maximum absolute atomic E-state index is 14.1. The molecule has 112 valence electrons. The Labute approximate surface area is 129 Å². The Hall–Kier alpha value is -1.30. The summed E-state index contributed by atoms with van der Waals surface area (Å²) in [6.45, 7) is 0.290. The summed E-state index contributed by atoms with van der Waals surface area (Å²) in [5.74, 6) is -3.29. The molecule has 1 aliphatic carbocycles. The number of hydrogen-bond acceptors (Lipinski definition) is 2. The van der Waals surface area contributed by atoms with Gasteiger partial charge in [-0.1, -0.05) is 28.8 Å². The van der Waals surface area contributed by atoms with Crippen molar-refractivity contribution in [3.8, 4) is 0 Å². The van der Waals surface area contributed by atoms with Gasteiger partial charge in [0.05, 0.1) is 11.3 Å². The molecular weight excluding hydrogens is 344 g/mol. The third-order valence-electron chi connectivity index (χ3n) is 4.42. The molecule has 1 aliphatic heterocycles. The highest BCUT2D eigenvalue weighted by Crippen LogP contribution is 2.43. The first-order valence-electron chi connectivity index (χ1n) is 6.89. The first kappa shape index (κ1) is 14.6. The third-order valence-corrected chi connectivity index (χ3v) is 5.61. The van der Waals surface area contributed by atoms with E-state index in [1.807, 2.05) is 0 Å². The summed E-state index contributed by atoms with van der Waals surface area (Å²) in [5.41, 5.74) is -0.378. The van der Waals surface area contributed by atoms with Crippen LogP contribution in [0.25, 0.3) is 0 Å². The summed E-state index contributed by atoms with van der Waals surface area (Å²) in [6.07, 6.45) is 3.96. The average molecular weight is 358 g/mol. The van der Waals surface area contributed by atoms with Crippen molar-refractivity contribution in [2.45, 2.75) is 25.7 Å². The molecule has 1 aromatic carbocycles. The van der Waals surface area contributed by atoms with Crippen molar-refractivity contribution in [3.05, 3.63) is 29.3 Å². The van der Waals surface area contributed by atoms with Crippen LogP contribution in [0.5, 0.6) is 0 Å². The van der Waals surface area contributed by atoms with Gasteiger partial charge in [0.15, 0.2) is 5.82 Å². The van der Waals surface area contributed by atoms with Crippen LogP contribution in [0.1, 0.15) is 36.0 Å². The van der Waals surface area contributed by atoms with Crippen LogP contribution in [-0.4, -0.2) is 23.6 Å². The van der Waals surface area contributed by atoms with Crippen LogP contribution in [-0.2, 0) is 4.79 Å². The molecule has 6 heteroatoms. The number of amides is 1. The van der Waals surface area contributed by atoms with Crippen molar-refractivity contribution in [1.82, 2.24) is 0 Å². The highest BCUT2D eigenvalue weighted by molar-refractivity contribution is 9.09. The molecule has 0 atom stereocenters. The first-order chi connectivity index (χ1) is 9.97. The Morgan fingerprint density at radius 3 is 2.48 bits per heavy atom. The molecule has 1 aromatic rings. The molecule has 1 heterocycles. The van der Waals surface area contributed by atoms with E-state index < -0.39 is 23.3 Å². The van der Waals surface area contributed by atoms with Crippen LogP contribution in [0, 0.1) is 17.0 Å². The number of anilines is 1. The van der Waals surface area contributed by atoms with Gasteiger partial charge < -0.3 is 4.90 Å². The highest BCUT2D eigenvalue weighted by atomic mass is 79.9. The Kier molecular flexibility index (Phi) is 3.59. The number of hydrogen-bond donors (Lipinski definition) is 0. The lowest BCUT2D eigenvalue weighted by Gasteiger charge is -2.31. The van der Waals surface area contributed by atoms with Gasteiger partial charge in [0.1, 0.15) is 5.82 Å². The Morgan fingerprint density at radius 1 is 1.19 bits per heavy atom. The van der Waals surface area contributed by atoms with E-state index in [2.05, 4.69) is 15.9 Å². The number of fused-ring (bicyclic) bond motifs is 1. The lowest BCUT2D eigenvalue weighted by molar-refractivity contribution is -0.114. The van der Waals surface area contributed by atoms with Crippen molar-refractivity contribution < 1.29 is 18.4 Å². The van der Waals surface area contributed by atoms with Crippen molar-refractivity contribution in [1.29, 1.82) is 0 Å². The number of carbonyl (C=O) groups is 2. The zero-order valence-corrected chi connectivity index (χ0v) is 12.9. The van der Waals surface area contributed by atoms with E-state index in [9.17, 15) is 18.4 Å². The minimum absolute atomic E-state index is 0.0707. The fourth-order valence-electron chi connectivity index (χ4n) is 3.30. The lowest BCUT2D eigenvalue weighted by atomic mass is 9.88. The van der Waals surface area contributed by atoms with E-state index in [4.69, 9.17) is 0 Å². The minimum atomic E-state index is -0.855. The number of rotatable bonds is 3. The van der Waals surface area contributed by atoms with E-state index in [0.717, 1.165) is 31.7 Å². The molecule has 0 aromatic heterocycles. The minimum Gasteiger partial charge on any atom is -0.301 e. The molecule has 2 aliphatic rings. The SMILES string of the molecule is O=C1C(=O)N(CC2(CBr)CCCC2)c2c(F)cc(F)cc21. The van der Waals surface area contributed by atoms with Gasteiger partial charge in [0, 0.05) is 17.9 Å². The van der Waals surface area contributed by atoms with Crippen LogP contribution < -0.4 is 4.90 Å². The van der Waals surface area contributed by atoms with Crippen LogP contribution in [0.15, 0.2) is 12.1 Å². The molecule has 21 heavy (non-hydrogen) atoms. The molecule has 1 saturated carbocycles. The van der Waals surface area contributed by atoms with E-state index in [1.165, 1.54) is 4.90 Å². The maximum Gasteiger partial charge on any atom is 0.299 e. The normalized spacial score (nSPS) is 20.2. The van der Waals surface area contributed by atoms with Gasteiger partial charge in [0.25, 0.3) is 11.7 Å². The predicted molar refractivity (Wildman–Crippen MR) is 77.7 cm³/mol. The predicted octanol–water partition coefficient (Wildman–Crippen LogP) is 3.45. The molecule has 0 bridgehead atoms. The second-order valence-corrected chi connectivity index (χ2v) is 6.41. The van der Waals surface area contributed by atoms with Gasteiger partial charge in [-0.05, 0) is 24.3 Å². The summed E-state index contributed by atoms with van der Waals surface area (Å²) in [4.78, 5) is 25.3. The van der Waals surface area contributed by atoms with Gasteiger partial charge in [0.2, 0.25) is 0 Å². The molecule has 0 spiro atoms. The summed E-state index contributed by atoms with van der Waals surface area (Å²) < 4.78 is 27.3. The first-order valence-corrected chi connectivity index (χ1v) is 8.01. The Balaban J connectivity index is 2.01. The quantitative estimate of drug-likeness (QED) is 0.613. The zero-order chi connectivity index (χ0) is 15.2. The lowest BCUT2D eigenvalue weighted by Crippen LogP contribution is -2.40. The molecule has 0 unspecified atom stereocenters. The van der Waals surface area contributed by atoms with E-state index in [-0.39, 0.29) is 16.7 Å². The van der Waals surface area contributed by atoms with E-state index >= 15 is 0 Å². The largest absolute Gasteiger partial charge is 0.301 e. The second-order valence-electron chi connectivity index (χ2n) is 5.84. The number of halogens is 3. The fourth-order valence-corrected chi connectivity index (χ4v) is 4.04. The van der Waals surface area contributed by atoms with Crippen LogP contribution in [0.4, 0.5) is 14.5 Å². The number of Topliss-reactive ketones (excluding diaryl/α,β-unsaturated/α-hetero) is 1. The van der Waals surface area contributed by atoms with Crippen LogP contribution in [0.2, 0.25) is 0 Å². The topological polar surface area (TPSA) is 37.4 Å². The molecular formula is C15H14BrF2NO2. The third kappa shape index (κ3) is 2.29. The van der Waals surface area contributed by atoms with E-state index in [0.29, 0.717) is 17.9 Å². The van der Waals surface area contributed by atoms with Gasteiger partial charge in [-0.3, -0.25) is 9.59 Å². The van der Waals surface area contributed by atoms with E-state index in [1.54, 1.807) is 0 Å². The maximum atomic E-state index is 14.1. The van der Waals surface area contributed by atoms with Gasteiger partial charge in [-0.15, -0.1) is 0 Å². The molecule has 1 amide bonds. The van der Waals surface area contributed by atoms with Crippen molar-refractivity contribution in [2.75, 3.05) is 16.8 Å². The highest BCUT2D eigenvalue weighted by Gasteiger charge is 2.44. The number of alkyl halides is 1. The molecule has 3 nitrogen and oxygen atoms in total.